The normalized spacial score (nSPS) is 18.2. The zero-order chi connectivity index (χ0) is 14.6. The van der Waals surface area contributed by atoms with Crippen LogP contribution < -0.4 is 5.32 Å². The van der Waals surface area contributed by atoms with Crippen molar-refractivity contribution in [3.63, 3.8) is 0 Å². The van der Waals surface area contributed by atoms with Gasteiger partial charge in [-0.05, 0) is 44.9 Å². The zero-order valence-electron chi connectivity index (χ0n) is 13.6. The summed E-state index contributed by atoms with van der Waals surface area (Å²) in [7, 11) is 0. The SMILES string of the molecule is CCCCC(CC)(CNC1CC1)Cc1nc(C)c(C)s1. The highest BCUT2D eigenvalue weighted by atomic mass is 32.1. The van der Waals surface area contributed by atoms with E-state index in [9.17, 15) is 0 Å². The molecule has 0 aliphatic heterocycles. The second-order valence-electron chi connectivity index (χ2n) is 6.54. The molecule has 1 unspecified atom stereocenters. The topological polar surface area (TPSA) is 24.9 Å². The third-order valence-corrected chi connectivity index (χ3v) is 5.83. The molecule has 1 heterocycles. The van der Waals surface area contributed by atoms with Gasteiger partial charge in [-0.3, -0.25) is 0 Å². The Kier molecular flexibility index (Phi) is 5.62. The van der Waals surface area contributed by atoms with Crippen LogP contribution in [0.1, 0.15) is 68.0 Å². The Bertz CT molecular complexity index is 403. The summed E-state index contributed by atoms with van der Waals surface area (Å²) in [4.78, 5) is 6.17. The Labute approximate surface area is 128 Å². The fourth-order valence-electron chi connectivity index (χ4n) is 2.80. The molecule has 0 bridgehead atoms. The maximum absolute atomic E-state index is 4.78. The van der Waals surface area contributed by atoms with Crippen molar-refractivity contribution >= 4 is 11.3 Å². The summed E-state index contributed by atoms with van der Waals surface area (Å²) in [5.41, 5.74) is 1.63. The highest BCUT2D eigenvalue weighted by Crippen LogP contribution is 2.35. The smallest absolute Gasteiger partial charge is 0.0936 e. The summed E-state index contributed by atoms with van der Waals surface area (Å²) < 4.78 is 0. The first kappa shape index (κ1) is 16.0. The lowest BCUT2D eigenvalue weighted by Gasteiger charge is -2.33. The Morgan fingerprint density at radius 2 is 2.05 bits per heavy atom. The highest BCUT2D eigenvalue weighted by Gasteiger charge is 2.32. The molecule has 1 aromatic heterocycles. The molecule has 0 aromatic carbocycles. The number of unbranched alkanes of at least 4 members (excludes halogenated alkanes) is 1. The standard InChI is InChI=1S/C17H30N2S/c1-5-7-10-17(6-2,12-18-15-8-9-15)11-16-19-13(3)14(4)20-16/h15,18H,5-12H2,1-4H3. The third-order valence-electron chi connectivity index (χ3n) is 4.75. The van der Waals surface area contributed by atoms with E-state index in [1.807, 2.05) is 11.3 Å². The molecule has 0 radical (unpaired) electrons. The number of hydrogen-bond acceptors (Lipinski definition) is 3. The fraction of sp³-hybridized carbons (Fsp3) is 0.824. The van der Waals surface area contributed by atoms with Crippen molar-refractivity contribution in [1.82, 2.24) is 10.3 Å². The quantitative estimate of drug-likeness (QED) is 0.717. The summed E-state index contributed by atoms with van der Waals surface area (Å²) in [6.07, 6.45) is 9.13. The van der Waals surface area contributed by atoms with Crippen molar-refractivity contribution in [2.45, 2.75) is 78.7 Å². The zero-order valence-corrected chi connectivity index (χ0v) is 14.4. The molecule has 1 atom stereocenters. The minimum Gasteiger partial charge on any atom is -0.313 e. The van der Waals surface area contributed by atoms with E-state index >= 15 is 0 Å². The number of nitrogens with zero attached hydrogens (tertiary/aromatic N) is 1. The van der Waals surface area contributed by atoms with Gasteiger partial charge in [-0.15, -0.1) is 11.3 Å². The predicted molar refractivity (Wildman–Crippen MR) is 88.6 cm³/mol. The van der Waals surface area contributed by atoms with Crippen LogP contribution in [-0.2, 0) is 6.42 Å². The number of hydrogen-bond donors (Lipinski definition) is 1. The lowest BCUT2D eigenvalue weighted by Crippen LogP contribution is -2.37. The minimum absolute atomic E-state index is 0.412. The summed E-state index contributed by atoms with van der Waals surface area (Å²) in [6, 6.07) is 0.808. The number of rotatable bonds is 9. The van der Waals surface area contributed by atoms with Crippen molar-refractivity contribution in [3.8, 4) is 0 Å². The first-order chi connectivity index (χ1) is 9.58. The Morgan fingerprint density at radius 1 is 1.30 bits per heavy atom. The lowest BCUT2D eigenvalue weighted by molar-refractivity contribution is 0.228. The fourth-order valence-corrected chi connectivity index (χ4v) is 3.91. The van der Waals surface area contributed by atoms with Gasteiger partial charge in [0, 0.05) is 23.9 Å². The summed E-state index contributed by atoms with van der Waals surface area (Å²) >= 11 is 1.90. The van der Waals surface area contributed by atoms with Gasteiger partial charge in [-0.2, -0.15) is 0 Å². The van der Waals surface area contributed by atoms with Crippen LogP contribution in [0.15, 0.2) is 0 Å². The van der Waals surface area contributed by atoms with Gasteiger partial charge in [0.05, 0.1) is 10.7 Å². The lowest BCUT2D eigenvalue weighted by atomic mass is 9.77. The van der Waals surface area contributed by atoms with E-state index in [1.54, 1.807) is 0 Å². The molecule has 114 valence electrons. The van der Waals surface area contributed by atoms with Crippen LogP contribution in [0.5, 0.6) is 0 Å². The van der Waals surface area contributed by atoms with E-state index in [0.717, 1.165) is 12.5 Å². The van der Waals surface area contributed by atoms with Crippen LogP contribution in [0.4, 0.5) is 0 Å². The second kappa shape index (κ2) is 7.04. The van der Waals surface area contributed by atoms with E-state index in [4.69, 9.17) is 4.98 Å². The number of aryl methyl sites for hydroxylation is 2. The van der Waals surface area contributed by atoms with E-state index in [2.05, 4.69) is 33.0 Å². The molecule has 1 aliphatic rings. The maximum atomic E-state index is 4.78. The molecule has 0 amide bonds. The van der Waals surface area contributed by atoms with Gasteiger partial charge in [0.1, 0.15) is 0 Å². The molecule has 2 nitrogen and oxygen atoms in total. The minimum atomic E-state index is 0.412. The van der Waals surface area contributed by atoms with Gasteiger partial charge in [0.15, 0.2) is 0 Å². The van der Waals surface area contributed by atoms with Crippen molar-refractivity contribution in [3.05, 3.63) is 15.6 Å². The summed E-state index contributed by atoms with van der Waals surface area (Å²) in [5.74, 6) is 0. The van der Waals surface area contributed by atoms with Gasteiger partial charge in [-0.1, -0.05) is 26.7 Å². The highest BCUT2D eigenvalue weighted by molar-refractivity contribution is 7.11. The first-order valence-electron chi connectivity index (χ1n) is 8.25. The largest absolute Gasteiger partial charge is 0.313 e. The van der Waals surface area contributed by atoms with Gasteiger partial charge in [0.25, 0.3) is 0 Å². The van der Waals surface area contributed by atoms with Crippen molar-refractivity contribution in [2.75, 3.05) is 6.54 Å². The summed E-state index contributed by atoms with van der Waals surface area (Å²) in [6.45, 7) is 10.2. The molecule has 1 aliphatic carbocycles. The molecule has 3 heteroatoms. The van der Waals surface area contributed by atoms with Crippen molar-refractivity contribution < 1.29 is 0 Å². The van der Waals surface area contributed by atoms with Gasteiger partial charge in [0.2, 0.25) is 0 Å². The average molecular weight is 295 g/mol. The Balaban J connectivity index is 2.05. The first-order valence-corrected chi connectivity index (χ1v) is 9.06. The van der Waals surface area contributed by atoms with E-state index < -0.39 is 0 Å². The third kappa shape index (κ3) is 4.29. The van der Waals surface area contributed by atoms with Crippen LogP contribution in [-0.4, -0.2) is 17.6 Å². The number of aromatic nitrogens is 1. The molecule has 0 spiro atoms. The monoisotopic (exact) mass is 294 g/mol. The van der Waals surface area contributed by atoms with Crippen LogP contribution in [0.2, 0.25) is 0 Å². The molecule has 1 saturated carbocycles. The average Bonchev–Trinajstić information content (AvgIpc) is 3.21. The van der Waals surface area contributed by atoms with Crippen LogP contribution in [0, 0.1) is 19.3 Å². The van der Waals surface area contributed by atoms with Crippen LogP contribution in [0.3, 0.4) is 0 Å². The number of nitrogens with one attached hydrogen (secondary N) is 1. The van der Waals surface area contributed by atoms with E-state index in [1.165, 1.54) is 60.6 Å². The van der Waals surface area contributed by atoms with Gasteiger partial charge < -0.3 is 5.32 Å². The van der Waals surface area contributed by atoms with E-state index in [0.29, 0.717) is 5.41 Å². The Hall–Kier alpha value is -0.410. The molecular weight excluding hydrogens is 264 g/mol. The molecular formula is C17H30N2S. The van der Waals surface area contributed by atoms with Gasteiger partial charge >= 0.3 is 0 Å². The maximum Gasteiger partial charge on any atom is 0.0936 e. The van der Waals surface area contributed by atoms with Crippen LogP contribution in [0.25, 0.3) is 0 Å². The van der Waals surface area contributed by atoms with Gasteiger partial charge in [-0.25, -0.2) is 4.98 Å². The van der Waals surface area contributed by atoms with Crippen molar-refractivity contribution in [2.24, 2.45) is 5.41 Å². The van der Waals surface area contributed by atoms with E-state index in [-0.39, 0.29) is 0 Å². The molecule has 1 N–H and O–H groups in total. The predicted octanol–water partition coefficient (Wildman–Crippen LogP) is 4.64. The van der Waals surface area contributed by atoms with Crippen molar-refractivity contribution in [1.29, 1.82) is 0 Å². The molecule has 1 aromatic rings. The second-order valence-corrected chi connectivity index (χ2v) is 7.83. The van der Waals surface area contributed by atoms with Crippen LogP contribution >= 0.6 is 11.3 Å². The Morgan fingerprint density at radius 3 is 2.55 bits per heavy atom. The molecule has 0 saturated heterocycles. The molecule has 20 heavy (non-hydrogen) atoms. The molecule has 1 fully saturated rings. The molecule has 2 rings (SSSR count). The summed E-state index contributed by atoms with van der Waals surface area (Å²) in [5, 5.41) is 5.12. The number of thiazole rings is 1.